The van der Waals surface area contributed by atoms with Crippen molar-refractivity contribution < 1.29 is 14.7 Å². The standard InChI is InChI=1S/C6H12N2O3/c1-6(2,3-4(7)9)8-5(10)11/h8H,3H2,1-2H3,(H2,7,9)(H,10,11). The zero-order valence-corrected chi connectivity index (χ0v) is 6.55. The zero-order chi connectivity index (χ0) is 9.07. The average Bonchev–Trinajstić information content (AvgIpc) is 1.53. The van der Waals surface area contributed by atoms with Gasteiger partial charge in [-0.2, -0.15) is 0 Å². The Balaban J connectivity index is 3.99. The average molecular weight is 160 g/mol. The first-order valence-corrected chi connectivity index (χ1v) is 3.13. The van der Waals surface area contributed by atoms with Gasteiger partial charge in [0.2, 0.25) is 5.91 Å². The molecule has 5 heteroatoms. The molecular weight excluding hydrogens is 148 g/mol. The van der Waals surface area contributed by atoms with Crippen LogP contribution in [-0.2, 0) is 4.79 Å². The number of primary amides is 1. The molecule has 0 aliphatic carbocycles. The monoisotopic (exact) mass is 160 g/mol. The van der Waals surface area contributed by atoms with Crippen LogP contribution in [0.3, 0.4) is 0 Å². The van der Waals surface area contributed by atoms with E-state index in [1.807, 2.05) is 0 Å². The third-order valence-electron chi connectivity index (χ3n) is 1.06. The van der Waals surface area contributed by atoms with Crippen LogP contribution in [0.5, 0.6) is 0 Å². The van der Waals surface area contributed by atoms with E-state index in [9.17, 15) is 9.59 Å². The van der Waals surface area contributed by atoms with Gasteiger partial charge in [-0.3, -0.25) is 4.79 Å². The lowest BCUT2D eigenvalue weighted by atomic mass is 10.0. The number of nitrogens with one attached hydrogen (secondary N) is 1. The van der Waals surface area contributed by atoms with Crippen molar-refractivity contribution in [3.05, 3.63) is 0 Å². The van der Waals surface area contributed by atoms with Crippen molar-refractivity contribution in [2.24, 2.45) is 5.73 Å². The lowest BCUT2D eigenvalue weighted by Crippen LogP contribution is -2.45. The molecule has 0 aliphatic heterocycles. The number of amides is 2. The zero-order valence-electron chi connectivity index (χ0n) is 6.55. The molecule has 0 aromatic rings. The number of carboxylic acid groups (broad SMARTS) is 1. The molecule has 0 aromatic heterocycles. The van der Waals surface area contributed by atoms with Crippen LogP contribution in [0.15, 0.2) is 0 Å². The highest BCUT2D eigenvalue weighted by Crippen LogP contribution is 2.06. The first-order chi connectivity index (χ1) is 4.83. The second kappa shape index (κ2) is 3.23. The molecule has 0 atom stereocenters. The van der Waals surface area contributed by atoms with E-state index in [2.05, 4.69) is 5.32 Å². The molecule has 0 saturated carbocycles. The molecule has 0 aliphatic rings. The van der Waals surface area contributed by atoms with E-state index in [1.54, 1.807) is 13.8 Å². The Kier molecular flexibility index (Phi) is 2.86. The normalized spacial score (nSPS) is 10.7. The number of hydrogen-bond donors (Lipinski definition) is 3. The highest BCUT2D eigenvalue weighted by molar-refractivity contribution is 5.76. The fourth-order valence-electron chi connectivity index (χ4n) is 0.769. The van der Waals surface area contributed by atoms with Crippen molar-refractivity contribution >= 4 is 12.0 Å². The minimum Gasteiger partial charge on any atom is -0.465 e. The second-order valence-electron chi connectivity index (χ2n) is 2.96. The Morgan fingerprint density at radius 2 is 2.00 bits per heavy atom. The molecule has 0 radical (unpaired) electrons. The van der Waals surface area contributed by atoms with Crippen LogP contribution in [0.4, 0.5) is 4.79 Å². The predicted octanol–water partition coefficient (Wildman–Crippen LogP) is -0.0920. The molecule has 0 heterocycles. The molecule has 11 heavy (non-hydrogen) atoms. The van der Waals surface area contributed by atoms with Gasteiger partial charge in [0.1, 0.15) is 0 Å². The maximum Gasteiger partial charge on any atom is 0.405 e. The van der Waals surface area contributed by atoms with Gasteiger partial charge in [-0.05, 0) is 13.8 Å². The van der Waals surface area contributed by atoms with Crippen LogP contribution in [0.1, 0.15) is 20.3 Å². The van der Waals surface area contributed by atoms with Gasteiger partial charge >= 0.3 is 6.09 Å². The first-order valence-electron chi connectivity index (χ1n) is 3.13. The molecule has 5 nitrogen and oxygen atoms in total. The number of rotatable bonds is 3. The van der Waals surface area contributed by atoms with Gasteiger partial charge in [-0.25, -0.2) is 4.79 Å². The topological polar surface area (TPSA) is 92.4 Å². The predicted molar refractivity (Wildman–Crippen MR) is 39.1 cm³/mol. The van der Waals surface area contributed by atoms with Crippen LogP contribution in [0.2, 0.25) is 0 Å². The summed E-state index contributed by atoms with van der Waals surface area (Å²) in [5, 5.41) is 10.5. The molecule has 2 amide bonds. The van der Waals surface area contributed by atoms with Crippen LogP contribution >= 0.6 is 0 Å². The van der Waals surface area contributed by atoms with Crippen LogP contribution < -0.4 is 11.1 Å². The Labute approximate surface area is 64.6 Å². The van der Waals surface area contributed by atoms with Gasteiger partial charge in [0.15, 0.2) is 0 Å². The fourth-order valence-corrected chi connectivity index (χ4v) is 0.769. The van der Waals surface area contributed by atoms with Crippen molar-refractivity contribution in [3.8, 4) is 0 Å². The van der Waals surface area contributed by atoms with Crippen molar-refractivity contribution in [1.82, 2.24) is 5.32 Å². The maximum atomic E-state index is 10.4. The molecule has 0 spiro atoms. The van der Waals surface area contributed by atoms with Crippen molar-refractivity contribution in [1.29, 1.82) is 0 Å². The molecule has 64 valence electrons. The third kappa shape index (κ3) is 5.20. The van der Waals surface area contributed by atoms with Crippen LogP contribution in [0.25, 0.3) is 0 Å². The number of hydrogen-bond acceptors (Lipinski definition) is 2. The number of carbonyl (C=O) groups excluding carboxylic acids is 1. The summed E-state index contributed by atoms with van der Waals surface area (Å²) < 4.78 is 0. The maximum absolute atomic E-state index is 10.4. The van der Waals surface area contributed by atoms with E-state index >= 15 is 0 Å². The second-order valence-corrected chi connectivity index (χ2v) is 2.96. The van der Waals surface area contributed by atoms with Gasteiger partial charge in [0, 0.05) is 12.0 Å². The minimum absolute atomic E-state index is 0.000694. The summed E-state index contributed by atoms with van der Waals surface area (Å²) in [6.45, 7) is 3.18. The number of carbonyl (C=O) groups is 2. The quantitative estimate of drug-likeness (QED) is 0.538. The van der Waals surface area contributed by atoms with E-state index in [-0.39, 0.29) is 6.42 Å². The van der Waals surface area contributed by atoms with E-state index in [1.165, 1.54) is 0 Å². The third-order valence-corrected chi connectivity index (χ3v) is 1.06. The van der Waals surface area contributed by atoms with Gasteiger partial charge in [0.25, 0.3) is 0 Å². The summed E-state index contributed by atoms with van der Waals surface area (Å²) in [7, 11) is 0. The van der Waals surface area contributed by atoms with Gasteiger partial charge < -0.3 is 16.2 Å². The van der Waals surface area contributed by atoms with E-state index in [0.717, 1.165) is 0 Å². The van der Waals surface area contributed by atoms with Gasteiger partial charge in [-0.1, -0.05) is 0 Å². The molecule has 0 saturated heterocycles. The number of nitrogens with two attached hydrogens (primary N) is 1. The van der Waals surface area contributed by atoms with Gasteiger partial charge in [0.05, 0.1) is 0 Å². The van der Waals surface area contributed by atoms with Crippen molar-refractivity contribution in [2.75, 3.05) is 0 Å². The summed E-state index contributed by atoms with van der Waals surface area (Å²) in [5.74, 6) is -0.524. The first kappa shape index (κ1) is 9.74. The lowest BCUT2D eigenvalue weighted by Gasteiger charge is -2.22. The summed E-state index contributed by atoms with van der Waals surface area (Å²) in [6.07, 6.45) is -1.16. The van der Waals surface area contributed by atoms with Crippen LogP contribution in [0, 0.1) is 0 Å². The Hall–Kier alpha value is -1.26. The Morgan fingerprint density at radius 1 is 1.55 bits per heavy atom. The van der Waals surface area contributed by atoms with E-state index in [4.69, 9.17) is 10.8 Å². The van der Waals surface area contributed by atoms with Crippen molar-refractivity contribution in [3.63, 3.8) is 0 Å². The molecule has 0 bridgehead atoms. The highest BCUT2D eigenvalue weighted by Gasteiger charge is 2.22. The molecular formula is C6H12N2O3. The van der Waals surface area contributed by atoms with E-state index < -0.39 is 17.5 Å². The smallest absolute Gasteiger partial charge is 0.405 e. The highest BCUT2D eigenvalue weighted by atomic mass is 16.4. The summed E-state index contributed by atoms with van der Waals surface area (Å²) >= 11 is 0. The molecule has 0 rings (SSSR count). The molecule has 0 unspecified atom stereocenters. The SMILES string of the molecule is CC(C)(CC(N)=O)NC(=O)O. The van der Waals surface area contributed by atoms with E-state index in [0.29, 0.717) is 0 Å². The summed E-state index contributed by atoms with van der Waals surface area (Å²) in [4.78, 5) is 20.5. The lowest BCUT2D eigenvalue weighted by molar-refractivity contribution is -0.119. The minimum atomic E-state index is -1.16. The Bertz CT molecular complexity index is 159. The Morgan fingerprint density at radius 3 is 2.27 bits per heavy atom. The van der Waals surface area contributed by atoms with Crippen LogP contribution in [-0.4, -0.2) is 22.6 Å². The molecule has 0 aromatic carbocycles. The van der Waals surface area contributed by atoms with Crippen molar-refractivity contribution in [2.45, 2.75) is 25.8 Å². The van der Waals surface area contributed by atoms with Gasteiger partial charge in [-0.15, -0.1) is 0 Å². The fraction of sp³-hybridized carbons (Fsp3) is 0.667. The molecule has 0 fully saturated rings. The summed E-state index contributed by atoms with van der Waals surface area (Å²) in [6, 6.07) is 0. The largest absolute Gasteiger partial charge is 0.465 e. The molecule has 4 N–H and O–H groups in total. The summed E-state index contributed by atoms with van der Waals surface area (Å²) in [5.41, 5.74) is 4.10.